The van der Waals surface area contributed by atoms with Crippen LogP contribution in [-0.4, -0.2) is 24.5 Å². The molecule has 0 spiro atoms. The van der Waals surface area contributed by atoms with E-state index in [1.807, 2.05) is 56.4 Å². The molecule has 23 heavy (non-hydrogen) atoms. The molecule has 0 aliphatic rings. The molecule has 5 heteroatoms. The number of carbonyl (C=O) groups is 1. The Balaban J connectivity index is 2.05. The van der Waals surface area contributed by atoms with E-state index in [1.165, 1.54) is 0 Å². The molecule has 1 N–H and O–H groups in total. The van der Waals surface area contributed by atoms with Crippen molar-refractivity contribution in [1.29, 1.82) is 0 Å². The van der Waals surface area contributed by atoms with E-state index in [-0.39, 0.29) is 5.91 Å². The van der Waals surface area contributed by atoms with Crippen molar-refractivity contribution in [3.63, 3.8) is 0 Å². The van der Waals surface area contributed by atoms with Gasteiger partial charge in [-0.25, -0.2) is 0 Å². The lowest BCUT2D eigenvalue weighted by Gasteiger charge is -2.11. The third-order valence-corrected chi connectivity index (χ3v) is 3.24. The van der Waals surface area contributed by atoms with Gasteiger partial charge in [-0.2, -0.15) is 0 Å². The summed E-state index contributed by atoms with van der Waals surface area (Å²) >= 11 is 0. The zero-order valence-electron chi connectivity index (χ0n) is 13.6. The van der Waals surface area contributed by atoms with E-state index in [4.69, 9.17) is 0 Å². The fraction of sp³-hybridized carbons (Fsp3) is 0.278. The molecule has 2 rings (SSSR count). The highest BCUT2D eigenvalue weighted by Crippen LogP contribution is 2.19. The quantitative estimate of drug-likeness (QED) is 0.621. The Hall–Kier alpha value is -2.69. The second kappa shape index (κ2) is 8.68. The van der Waals surface area contributed by atoms with Crippen molar-refractivity contribution in [2.24, 2.45) is 10.3 Å². The summed E-state index contributed by atoms with van der Waals surface area (Å²) in [5, 5.41) is 13.0. The molecule has 5 nitrogen and oxygen atoms in total. The minimum absolute atomic E-state index is 0.118. The van der Waals surface area contributed by atoms with E-state index in [0.717, 1.165) is 12.0 Å². The van der Waals surface area contributed by atoms with Gasteiger partial charge in [0.1, 0.15) is 5.69 Å². The van der Waals surface area contributed by atoms with Gasteiger partial charge in [-0.15, -0.1) is 5.11 Å². The van der Waals surface area contributed by atoms with Crippen LogP contribution in [0.4, 0.5) is 5.69 Å². The van der Waals surface area contributed by atoms with Crippen molar-refractivity contribution in [1.82, 2.24) is 10.3 Å². The molecule has 0 heterocycles. The van der Waals surface area contributed by atoms with Gasteiger partial charge in [0.15, 0.2) is 0 Å². The van der Waals surface area contributed by atoms with Crippen molar-refractivity contribution < 1.29 is 4.79 Å². The molecule has 0 atom stereocenters. The van der Waals surface area contributed by atoms with Gasteiger partial charge in [-0.3, -0.25) is 9.80 Å². The van der Waals surface area contributed by atoms with E-state index in [2.05, 4.69) is 15.7 Å². The summed E-state index contributed by atoms with van der Waals surface area (Å²) in [4.78, 5) is 12.1. The van der Waals surface area contributed by atoms with Crippen LogP contribution < -0.4 is 5.32 Å². The van der Waals surface area contributed by atoms with Gasteiger partial charge in [0.05, 0.1) is 12.1 Å². The number of nitrogens with zero attached hydrogens (tertiary/aromatic N) is 3. The standard InChI is InChI=1S/C18H22N4O/c1-3-13-19-18(23)16-11-7-8-12-17(16)20-21-22(2)14-15-9-5-4-6-10-15/h4-12H,3,13-14H2,1-2H3,(H,19,23). The lowest BCUT2D eigenvalue weighted by atomic mass is 10.1. The molecule has 0 saturated carbocycles. The summed E-state index contributed by atoms with van der Waals surface area (Å²) in [5.41, 5.74) is 2.27. The van der Waals surface area contributed by atoms with Crippen molar-refractivity contribution in [3.8, 4) is 0 Å². The molecule has 0 fully saturated rings. The second-order valence-electron chi connectivity index (χ2n) is 5.26. The van der Waals surface area contributed by atoms with Gasteiger partial charge < -0.3 is 5.32 Å². The fourth-order valence-electron chi connectivity index (χ4n) is 2.09. The van der Waals surface area contributed by atoms with Crippen LogP contribution in [0.25, 0.3) is 0 Å². The minimum atomic E-state index is -0.118. The van der Waals surface area contributed by atoms with Gasteiger partial charge in [-0.05, 0) is 24.1 Å². The van der Waals surface area contributed by atoms with Crippen molar-refractivity contribution in [3.05, 3.63) is 65.7 Å². The SMILES string of the molecule is CCCNC(=O)c1ccccc1N=NN(C)Cc1ccccc1. The summed E-state index contributed by atoms with van der Waals surface area (Å²) < 4.78 is 0. The van der Waals surface area contributed by atoms with Crippen molar-refractivity contribution in [2.45, 2.75) is 19.9 Å². The Morgan fingerprint density at radius 1 is 1.09 bits per heavy atom. The molecule has 0 aliphatic carbocycles. The lowest BCUT2D eigenvalue weighted by molar-refractivity contribution is 0.0954. The molecule has 2 aromatic carbocycles. The molecular weight excluding hydrogens is 288 g/mol. The third kappa shape index (κ3) is 5.21. The summed E-state index contributed by atoms with van der Waals surface area (Å²) in [7, 11) is 1.86. The highest BCUT2D eigenvalue weighted by Gasteiger charge is 2.09. The highest BCUT2D eigenvalue weighted by atomic mass is 16.1. The number of nitrogens with one attached hydrogen (secondary N) is 1. The Morgan fingerprint density at radius 3 is 2.52 bits per heavy atom. The summed E-state index contributed by atoms with van der Waals surface area (Å²) in [6, 6.07) is 17.3. The first-order valence-corrected chi connectivity index (χ1v) is 7.74. The molecule has 0 saturated heterocycles. The molecule has 0 bridgehead atoms. The normalized spacial score (nSPS) is 10.7. The molecule has 2 aromatic rings. The number of benzene rings is 2. The van der Waals surface area contributed by atoms with Crippen LogP contribution in [0.15, 0.2) is 64.9 Å². The first-order valence-electron chi connectivity index (χ1n) is 7.74. The van der Waals surface area contributed by atoms with E-state index >= 15 is 0 Å². The smallest absolute Gasteiger partial charge is 0.253 e. The van der Waals surface area contributed by atoms with E-state index in [0.29, 0.717) is 24.3 Å². The number of hydrogen-bond donors (Lipinski definition) is 1. The predicted molar refractivity (Wildman–Crippen MR) is 91.5 cm³/mol. The van der Waals surface area contributed by atoms with Crippen LogP contribution in [0.5, 0.6) is 0 Å². The topological polar surface area (TPSA) is 57.1 Å². The van der Waals surface area contributed by atoms with Crippen LogP contribution in [0.2, 0.25) is 0 Å². The van der Waals surface area contributed by atoms with Gasteiger partial charge in [0.25, 0.3) is 5.91 Å². The average Bonchev–Trinajstić information content (AvgIpc) is 2.59. The van der Waals surface area contributed by atoms with Gasteiger partial charge in [-0.1, -0.05) is 54.6 Å². The first-order chi connectivity index (χ1) is 11.2. The number of amides is 1. The predicted octanol–water partition coefficient (Wildman–Crippen LogP) is 3.96. The Bertz CT molecular complexity index is 655. The Morgan fingerprint density at radius 2 is 1.78 bits per heavy atom. The van der Waals surface area contributed by atoms with Crippen molar-refractivity contribution in [2.75, 3.05) is 13.6 Å². The van der Waals surface area contributed by atoms with Crippen LogP contribution in [0, 0.1) is 0 Å². The van der Waals surface area contributed by atoms with Crippen molar-refractivity contribution >= 4 is 11.6 Å². The Kier molecular flexibility index (Phi) is 6.29. The van der Waals surface area contributed by atoms with Gasteiger partial charge in [0.2, 0.25) is 0 Å². The molecule has 1 amide bonds. The molecule has 120 valence electrons. The van der Waals surface area contributed by atoms with Crippen LogP contribution >= 0.6 is 0 Å². The summed E-state index contributed by atoms with van der Waals surface area (Å²) in [6.45, 7) is 3.33. The number of carbonyl (C=O) groups excluding carboxylic acids is 1. The molecular formula is C18H22N4O. The molecule has 0 aromatic heterocycles. The zero-order valence-corrected chi connectivity index (χ0v) is 13.6. The van der Waals surface area contributed by atoms with E-state index in [1.54, 1.807) is 17.1 Å². The Labute approximate surface area is 137 Å². The third-order valence-electron chi connectivity index (χ3n) is 3.24. The zero-order chi connectivity index (χ0) is 16.5. The largest absolute Gasteiger partial charge is 0.352 e. The lowest BCUT2D eigenvalue weighted by Crippen LogP contribution is -2.24. The maximum atomic E-state index is 12.1. The molecule has 0 unspecified atom stereocenters. The monoisotopic (exact) mass is 310 g/mol. The average molecular weight is 310 g/mol. The summed E-state index contributed by atoms with van der Waals surface area (Å²) in [5.74, 6) is -0.118. The maximum Gasteiger partial charge on any atom is 0.253 e. The minimum Gasteiger partial charge on any atom is -0.352 e. The number of rotatable bonds is 7. The fourth-order valence-corrected chi connectivity index (χ4v) is 2.09. The van der Waals surface area contributed by atoms with Crippen LogP contribution in [0.1, 0.15) is 29.3 Å². The molecule has 0 aliphatic heterocycles. The second-order valence-corrected chi connectivity index (χ2v) is 5.26. The maximum absolute atomic E-state index is 12.1. The van der Waals surface area contributed by atoms with Crippen LogP contribution in [0.3, 0.4) is 0 Å². The van der Waals surface area contributed by atoms with E-state index in [9.17, 15) is 4.79 Å². The summed E-state index contributed by atoms with van der Waals surface area (Å²) in [6.07, 6.45) is 0.898. The van der Waals surface area contributed by atoms with E-state index < -0.39 is 0 Å². The number of hydrogen-bond acceptors (Lipinski definition) is 3. The van der Waals surface area contributed by atoms with Gasteiger partial charge >= 0.3 is 0 Å². The molecule has 0 radical (unpaired) electrons. The van der Waals surface area contributed by atoms with Gasteiger partial charge in [0, 0.05) is 13.6 Å². The highest BCUT2D eigenvalue weighted by molar-refractivity contribution is 5.98. The first kappa shape index (κ1) is 16.7. The van der Waals surface area contributed by atoms with Crippen LogP contribution in [-0.2, 0) is 6.54 Å².